The minimum Gasteiger partial charge on any atom is -0.354 e. The summed E-state index contributed by atoms with van der Waals surface area (Å²) in [5.74, 6) is -0.0346. The number of hydrogen-bond donors (Lipinski definition) is 2. The molecule has 0 bridgehead atoms. The summed E-state index contributed by atoms with van der Waals surface area (Å²) < 4.78 is 2.11. The van der Waals surface area contributed by atoms with E-state index in [9.17, 15) is 4.79 Å². The van der Waals surface area contributed by atoms with Crippen LogP contribution in [0.4, 0.5) is 5.69 Å². The van der Waals surface area contributed by atoms with Crippen molar-refractivity contribution in [3.63, 3.8) is 0 Å². The second kappa shape index (κ2) is 12.0. The third kappa shape index (κ3) is 5.77. The number of carbonyl (C=O) groups excluding carboxylic acids is 1. The van der Waals surface area contributed by atoms with Gasteiger partial charge in [-0.25, -0.2) is 4.99 Å². The highest BCUT2D eigenvalue weighted by atomic mass is 32.1. The molecule has 1 atom stereocenters. The van der Waals surface area contributed by atoms with Crippen LogP contribution in [0.1, 0.15) is 23.6 Å². The Morgan fingerprint density at radius 3 is 2.55 bits per heavy atom. The van der Waals surface area contributed by atoms with E-state index in [1.54, 1.807) is 11.3 Å². The number of aryl methyl sites for hydroxylation is 1. The summed E-state index contributed by atoms with van der Waals surface area (Å²) in [4.78, 5) is 19.7. The number of thiazole rings is 1. The van der Waals surface area contributed by atoms with Crippen LogP contribution in [-0.4, -0.2) is 23.6 Å². The topological polar surface area (TPSA) is 72.4 Å². The first-order valence-corrected chi connectivity index (χ1v) is 13.8. The van der Waals surface area contributed by atoms with Crippen LogP contribution in [0.15, 0.2) is 107 Å². The predicted molar refractivity (Wildman–Crippen MR) is 158 cm³/mol. The molecule has 192 valence electrons. The van der Waals surface area contributed by atoms with Crippen LogP contribution in [0.5, 0.6) is 0 Å². The van der Waals surface area contributed by atoms with Crippen molar-refractivity contribution in [2.45, 2.75) is 25.8 Å². The van der Waals surface area contributed by atoms with Crippen LogP contribution in [0.2, 0.25) is 0 Å². The van der Waals surface area contributed by atoms with Gasteiger partial charge in [0.25, 0.3) is 0 Å². The second-order valence-corrected chi connectivity index (χ2v) is 10.2. The molecule has 4 aromatic carbocycles. The molecule has 0 spiro atoms. The molecular formula is C32H32N4OS. The second-order valence-electron chi connectivity index (χ2n) is 9.38. The molecular weight excluding hydrogens is 488 g/mol. The van der Waals surface area contributed by atoms with E-state index in [-0.39, 0.29) is 5.91 Å². The Hall–Kier alpha value is -4.00. The van der Waals surface area contributed by atoms with Crippen LogP contribution in [0, 0.1) is 6.92 Å². The summed E-state index contributed by atoms with van der Waals surface area (Å²) in [6.07, 6.45) is 1.26. The van der Waals surface area contributed by atoms with Crippen molar-refractivity contribution in [3.05, 3.63) is 118 Å². The van der Waals surface area contributed by atoms with E-state index in [2.05, 4.69) is 76.8 Å². The number of amides is 1. The molecule has 3 N–H and O–H groups in total. The maximum Gasteiger partial charge on any atom is 0.243 e. The standard InChI is InChI=1S/C32H32N4OS/c1-23-10-7-16-27(20-23)35-32-36(30(22-38-32)25-12-3-2-4-13-25)29(31(37)34-19-9-18-33)21-26-15-8-14-24-11-5-6-17-28(24)26/h2-8,10-17,20,22,29H,9,18-19,21,33H2,1H3,(H,34,37)/t29-/m0/s1. The first-order valence-electron chi connectivity index (χ1n) is 13.0. The average molecular weight is 521 g/mol. The van der Waals surface area contributed by atoms with Gasteiger partial charge in [0.15, 0.2) is 4.80 Å². The van der Waals surface area contributed by atoms with E-state index in [0.29, 0.717) is 19.5 Å². The zero-order valence-electron chi connectivity index (χ0n) is 21.5. The van der Waals surface area contributed by atoms with Crippen molar-refractivity contribution in [2.75, 3.05) is 13.1 Å². The molecule has 0 radical (unpaired) electrons. The van der Waals surface area contributed by atoms with Gasteiger partial charge in [0, 0.05) is 18.3 Å². The average Bonchev–Trinajstić information content (AvgIpc) is 3.35. The van der Waals surface area contributed by atoms with E-state index >= 15 is 0 Å². The summed E-state index contributed by atoms with van der Waals surface area (Å²) in [5.41, 5.74) is 10.9. The van der Waals surface area contributed by atoms with Gasteiger partial charge in [-0.1, -0.05) is 84.9 Å². The van der Waals surface area contributed by atoms with E-state index in [4.69, 9.17) is 10.7 Å². The molecule has 0 saturated heterocycles. The zero-order valence-corrected chi connectivity index (χ0v) is 22.3. The van der Waals surface area contributed by atoms with Gasteiger partial charge in [0.2, 0.25) is 5.91 Å². The van der Waals surface area contributed by atoms with Crippen molar-refractivity contribution in [2.24, 2.45) is 10.7 Å². The third-order valence-electron chi connectivity index (χ3n) is 6.63. The SMILES string of the molecule is Cc1cccc(N=c2scc(-c3ccccc3)n2[C@@H](Cc2cccc3ccccc23)C(=O)NCCCN)c1. The highest BCUT2D eigenvalue weighted by Gasteiger charge is 2.26. The molecule has 6 heteroatoms. The van der Waals surface area contributed by atoms with Crippen molar-refractivity contribution in [1.82, 2.24) is 9.88 Å². The van der Waals surface area contributed by atoms with Gasteiger partial charge in [-0.2, -0.15) is 0 Å². The van der Waals surface area contributed by atoms with Gasteiger partial charge in [-0.3, -0.25) is 4.79 Å². The molecule has 5 nitrogen and oxygen atoms in total. The number of aromatic nitrogens is 1. The fraction of sp³-hybridized carbons (Fsp3) is 0.188. The number of nitrogens with two attached hydrogens (primary N) is 1. The summed E-state index contributed by atoms with van der Waals surface area (Å²) in [6.45, 7) is 3.13. The van der Waals surface area contributed by atoms with E-state index in [1.165, 1.54) is 0 Å². The number of nitrogens with zero attached hydrogens (tertiary/aromatic N) is 2. The van der Waals surface area contributed by atoms with Crippen LogP contribution in [0.25, 0.3) is 22.0 Å². The smallest absolute Gasteiger partial charge is 0.243 e. The van der Waals surface area contributed by atoms with Gasteiger partial charge < -0.3 is 15.6 Å². The normalized spacial score (nSPS) is 12.5. The number of fused-ring (bicyclic) bond motifs is 1. The number of nitrogens with one attached hydrogen (secondary N) is 1. The molecule has 5 rings (SSSR count). The Labute approximate surface area is 227 Å². The number of benzene rings is 4. The Morgan fingerprint density at radius 2 is 1.74 bits per heavy atom. The van der Waals surface area contributed by atoms with Gasteiger partial charge in [0.1, 0.15) is 6.04 Å². The van der Waals surface area contributed by atoms with Crippen LogP contribution < -0.4 is 15.9 Å². The highest BCUT2D eigenvalue weighted by Crippen LogP contribution is 2.28. The molecule has 0 fully saturated rings. The molecule has 1 heterocycles. The fourth-order valence-electron chi connectivity index (χ4n) is 4.74. The number of carbonyl (C=O) groups is 1. The Kier molecular flexibility index (Phi) is 8.12. The Balaban J connectivity index is 1.69. The van der Waals surface area contributed by atoms with Gasteiger partial charge >= 0.3 is 0 Å². The van der Waals surface area contributed by atoms with E-state index in [1.807, 2.05) is 42.5 Å². The summed E-state index contributed by atoms with van der Waals surface area (Å²) >= 11 is 1.56. The lowest BCUT2D eigenvalue weighted by Crippen LogP contribution is -2.38. The molecule has 0 aliphatic carbocycles. The first kappa shape index (κ1) is 25.6. The lowest BCUT2D eigenvalue weighted by atomic mass is 9.97. The van der Waals surface area contributed by atoms with Crippen molar-refractivity contribution in [1.29, 1.82) is 0 Å². The molecule has 0 aliphatic heterocycles. The lowest BCUT2D eigenvalue weighted by molar-refractivity contribution is -0.124. The summed E-state index contributed by atoms with van der Waals surface area (Å²) in [5, 5.41) is 7.57. The lowest BCUT2D eigenvalue weighted by Gasteiger charge is -2.22. The Morgan fingerprint density at radius 1 is 0.974 bits per heavy atom. The monoisotopic (exact) mass is 520 g/mol. The minimum atomic E-state index is -0.497. The quantitative estimate of drug-likeness (QED) is 0.229. The third-order valence-corrected chi connectivity index (χ3v) is 7.47. The molecule has 1 amide bonds. The van der Waals surface area contributed by atoms with Crippen molar-refractivity contribution < 1.29 is 4.79 Å². The fourth-order valence-corrected chi connectivity index (χ4v) is 5.71. The van der Waals surface area contributed by atoms with Gasteiger partial charge in [-0.05, 0) is 59.5 Å². The zero-order chi connectivity index (χ0) is 26.3. The molecule has 5 aromatic rings. The molecule has 0 unspecified atom stereocenters. The molecule has 38 heavy (non-hydrogen) atoms. The van der Waals surface area contributed by atoms with Crippen LogP contribution >= 0.6 is 11.3 Å². The maximum atomic E-state index is 13.9. The van der Waals surface area contributed by atoms with E-state index in [0.717, 1.165) is 50.1 Å². The first-order chi connectivity index (χ1) is 18.6. The predicted octanol–water partition coefficient (Wildman–Crippen LogP) is 6.16. The van der Waals surface area contributed by atoms with Gasteiger partial charge in [0.05, 0.1) is 11.4 Å². The van der Waals surface area contributed by atoms with Crippen LogP contribution in [0.3, 0.4) is 0 Å². The van der Waals surface area contributed by atoms with Gasteiger partial charge in [-0.15, -0.1) is 11.3 Å². The van der Waals surface area contributed by atoms with Crippen LogP contribution in [-0.2, 0) is 11.2 Å². The minimum absolute atomic E-state index is 0.0346. The summed E-state index contributed by atoms with van der Waals surface area (Å²) in [7, 11) is 0. The molecule has 1 aromatic heterocycles. The molecule has 0 saturated carbocycles. The van der Waals surface area contributed by atoms with Crippen molar-refractivity contribution in [3.8, 4) is 11.3 Å². The molecule has 0 aliphatic rings. The Bertz CT molecular complexity index is 1600. The largest absolute Gasteiger partial charge is 0.354 e. The van der Waals surface area contributed by atoms with E-state index < -0.39 is 6.04 Å². The number of rotatable bonds is 9. The maximum absolute atomic E-state index is 13.9. The summed E-state index contributed by atoms with van der Waals surface area (Å²) in [6, 6.07) is 32.5. The van der Waals surface area contributed by atoms with Crippen molar-refractivity contribution >= 4 is 33.7 Å². The number of hydrogen-bond acceptors (Lipinski definition) is 4. The highest BCUT2D eigenvalue weighted by molar-refractivity contribution is 7.07.